The third-order valence-electron chi connectivity index (χ3n) is 5.43. The van der Waals surface area contributed by atoms with Gasteiger partial charge in [0.2, 0.25) is 5.91 Å². The number of hydrogen-bond donors (Lipinski definition) is 2. The Hall–Kier alpha value is -2.28. The fraction of sp³-hybridized carbons (Fsp3) is 0.571. The topological polar surface area (TPSA) is 87.7 Å². The summed E-state index contributed by atoms with van der Waals surface area (Å²) in [5.74, 6) is 0.276. The lowest BCUT2D eigenvalue weighted by atomic mass is 9.64. The maximum absolute atomic E-state index is 13.0. The monoisotopic (exact) mass is 421 g/mol. The van der Waals surface area contributed by atoms with Crippen molar-refractivity contribution in [2.75, 3.05) is 19.7 Å². The summed E-state index contributed by atoms with van der Waals surface area (Å²) >= 11 is 5.82. The zero-order valence-corrected chi connectivity index (χ0v) is 17.8. The smallest absolute Gasteiger partial charge is 0.325 e. The van der Waals surface area contributed by atoms with E-state index in [-0.39, 0.29) is 31.0 Å². The van der Waals surface area contributed by atoms with E-state index in [1.165, 1.54) is 0 Å². The molecule has 2 N–H and O–H groups in total. The first-order valence-electron chi connectivity index (χ1n) is 9.89. The second-order valence-corrected chi connectivity index (χ2v) is 9.35. The van der Waals surface area contributed by atoms with Crippen LogP contribution < -0.4 is 15.4 Å². The van der Waals surface area contributed by atoms with Crippen molar-refractivity contribution in [3.8, 4) is 5.75 Å². The Bertz CT molecular complexity index is 796. The minimum atomic E-state index is -0.893. The van der Waals surface area contributed by atoms with E-state index < -0.39 is 17.5 Å². The van der Waals surface area contributed by atoms with E-state index in [0.717, 1.165) is 11.3 Å². The van der Waals surface area contributed by atoms with Crippen LogP contribution in [0.4, 0.5) is 4.79 Å². The molecule has 0 bridgehead atoms. The first-order valence-corrected chi connectivity index (χ1v) is 10.3. The molecular formula is C21H28ClN3O4. The second kappa shape index (κ2) is 8.22. The summed E-state index contributed by atoms with van der Waals surface area (Å²) in [7, 11) is 0. The summed E-state index contributed by atoms with van der Waals surface area (Å²) in [6.07, 6.45) is 2.20. The zero-order valence-electron chi connectivity index (χ0n) is 17.1. The summed E-state index contributed by atoms with van der Waals surface area (Å²) in [5.41, 5.74) is -0.936. The van der Waals surface area contributed by atoms with Crippen LogP contribution in [0.25, 0.3) is 0 Å². The first kappa shape index (κ1) is 21.4. The minimum absolute atomic E-state index is 0.0438. The molecule has 158 valence electrons. The van der Waals surface area contributed by atoms with Gasteiger partial charge in [0.25, 0.3) is 5.91 Å². The zero-order chi connectivity index (χ0) is 21.2. The number of nitrogens with one attached hydrogen (secondary N) is 2. The van der Waals surface area contributed by atoms with Crippen LogP contribution in [0.15, 0.2) is 24.3 Å². The highest BCUT2D eigenvalue weighted by atomic mass is 35.5. The largest absolute Gasteiger partial charge is 0.492 e. The molecule has 3 rings (SSSR count). The molecule has 2 fully saturated rings. The summed E-state index contributed by atoms with van der Waals surface area (Å²) in [6.45, 7) is 6.56. The molecule has 1 aromatic carbocycles. The normalized spacial score (nSPS) is 25.8. The SMILES string of the molecule is CC1CC(C)(C)CC2(C1)NC(=O)N(CC(=O)NCCOc1ccc(Cl)cc1)C2=O. The lowest BCUT2D eigenvalue weighted by Crippen LogP contribution is -2.54. The van der Waals surface area contributed by atoms with Crippen LogP contribution in [0.2, 0.25) is 5.02 Å². The van der Waals surface area contributed by atoms with Crippen molar-refractivity contribution in [2.24, 2.45) is 11.3 Å². The number of imide groups is 1. The van der Waals surface area contributed by atoms with E-state index in [1.54, 1.807) is 24.3 Å². The number of halogens is 1. The molecule has 2 atom stereocenters. The molecule has 0 aromatic heterocycles. The molecule has 2 aliphatic rings. The standard InChI is InChI=1S/C21H28ClN3O4/c1-14-10-20(2,3)13-21(11-14)18(27)25(19(28)24-21)12-17(26)23-8-9-29-16-6-4-15(22)5-7-16/h4-7,14H,8-13H2,1-3H3,(H,23,26)(H,24,28). The number of nitrogens with zero attached hydrogens (tertiary/aromatic N) is 1. The molecule has 7 nitrogen and oxygen atoms in total. The summed E-state index contributed by atoms with van der Waals surface area (Å²) in [5, 5.41) is 6.18. The van der Waals surface area contributed by atoms with Gasteiger partial charge in [0.1, 0.15) is 24.4 Å². The molecule has 1 saturated heterocycles. The fourth-order valence-electron chi connectivity index (χ4n) is 4.74. The number of benzene rings is 1. The van der Waals surface area contributed by atoms with E-state index in [9.17, 15) is 14.4 Å². The van der Waals surface area contributed by atoms with Crippen molar-refractivity contribution in [3.63, 3.8) is 0 Å². The lowest BCUT2D eigenvalue weighted by molar-refractivity contribution is -0.137. The highest BCUT2D eigenvalue weighted by Gasteiger charge is 2.56. The van der Waals surface area contributed by atoms with Gasteiger partial charge >= 0.3 is 6.03 Å². The van der Waals surface area contributed by atoms with Gasteiger partial charge in [-0.2, -0.15) is 0 Å². The van der Waals surface area contributed by atoms with Crippen molar-refractivity contribution < 1.29 is 19.1 Å². The highest BCUT2D eigenvalue weighted by Crippen LogP contribution is 2.46. The third kappa shape index (κ3) is 5.01. The van der Waals surface area contributed by atoms with Gasteiger partial charge in [-0.25, -0.2) is 4.79 Å². The second-order valence-electron chi connectivity index (χ2n) is 8.91. The maximum atomic E-state index is 13.0. The molecule has 1 saturated carbocycles. The molecule has 1 heterocycles. The molecule has 1 aromatic rings. The van der Waals surface area contributed by atoms with Crippen LogP contribution in [0, 0.1) is 11.3 Å². The maximum Gasteiger partial charge on any atom is 0.325 e. The van der Waals surface area contributed by atoms with E-state index in [2.05, 4.69) is 31.4 Å². The van der Waals surface area contributed by atoms with Gasteiger partial charge in [-0.3, -0.25) is 14.5 Å². The van der Waals surface area contributed by atoms with Gasteiger partial charge in [-0.15, -0.1) is 0 Å². The number of rotatable bonds is 6. The van der Waals surface area contributed by atoms with Crippen LogP contribution in [0.3, 0.4) is 0 Å². The van der Waals surface area contributed by atoms with E-state index in [0.29, 0.717) is 29.5 Å². The Morgan fingerprint density at radius 3 is 2.62 bits per heavy atom. The number of amides is 4. The predicted molar refractivity (Wildman–Crippen MR) is 110 cm³/mol. The van der Waals surface area contributed by atoms with Gasteiger partial charge in [0.05, 0.1) is 6.54 Å². The Morgan fingerprint density at radius 1 is 1.28 bits per heavy atom. The van der Waals surface area contributed by atoms with E-state index >= 15 is 0 Å². The molecule has 2 unspecified atom stereocenters. The van der Waals surface area contributed by atoms with Crippen LogP contribution in [0.5, 0.6) is 5.75 Å². The first-order chi connectivity index (χ1) is 13.6. The molecule has 1 aliphatic carbocycles. The Kier molecular flexibility index (Phi) is 6.08. The molecule has 0 radical (unpaired) electrons. The highest BCUT2D eigenvalue weighted by molar-refractivity contribution is 6.30. The number of carbonyl (C=O) groups excluding carboxylic acids is 3. The number of hydrogen-bond acceptors (Lipinski definition) is 4. The number of carbonyl (C=O) groups is 3. The Balaban J connectivity index is 1.50. The van der Waals surface area contributed by atoms with Crippen molar-refractivity contribution in [1.29, 1.82) is 0 Å². The third-order valence-corrected chi connectivity index (χ3v) is 5.68. The molecule has 4 amide bonds. The van der Waals surface area contributed by atoms with Crippen LogP contribution in [0.1, 0.15) is 40.0 Å². The Labute approximate surface area is 176 Å². The predicted octanol–water partition coefficient (Wildman–Crippen LogP) is 2.97. The molecule has 8 heteroatoms. The number of ether oxygens (including phenoxy) is 1. The summed E-state index contributed by atoms with van der Waals surface area (Å²) in [6, 6.07) is 6.42. The van der Waals surface area contributed by atoms with Crippen LogP contribution in [-0.4, -0.2) is 48.0 Å². The quantitative estimate of drug-likeness (QED) is 0.546. The van der Waals surface area contributed by atoms with Crippen molar-refractivity contribution in [3.05, 3.63) is 29.3 Å². The summed E-state index contributed by atoms with van der Waals surface area (Å²) < 4.78 is 5.52. The summed E-state index contributed by atoms with van der Waals surface area (Å²) in [4.78, 5) is 38.7. The van der Waals surface area contributed by atoms with Gasteiger partial charge < -0.3 is 15.4 Å². The van der Waals surface area contributed by atoms with Crippen LogP contribution in [-0.2, 0) is 9.59 Å². The average molecular weight is 422 g/mol. The van der Waals surface area contributed by atoms with Gasteiger partial charge in [0.15, 0.2) is 0 Å². The minimum Gasteiger partial charge on any atom is -0.492 e. The van der Waals surface area contributed by atoms with Gasteiger partial charge in [0, 0.05) is 5.02 Å². The van der Waals surface area contributed by atoms with E-state index in [1.807, 2.05) is 0 Å². The van der Waals surface area contributed by atoms with Crippen molar-refractivity contribution in [1.82, 2.24) is 15.5 Å². The molecule has 29 heavy (non-hydrogen) atoms. The molecular weight excluding hydrogens is 394 g/mol. The lowest BCUT2D eigenvalue weighted by Gasteiger charge is -2.43. The van der Waals surface area contributed by atoms with Gasteiger partial charge in [-0.05, 0) is 54.9 Å². The van der Waals surface area contributed by atoms with Crippen molar-refractivity contribution in [2.45, 2.75) is 45.6 Å². The fourth-order valence-corrected chi connectivity index (χ4v) is 4.87. The number of urea groups is 1. The Morgan fingerprint density at radius 2 is 1.97 bits per heavy atom. The van der Waals surface area contributed by atoms with Crippen LogP contribution >= 0.6 is 11.6 Å². The molecule has 1 spiro atoms. The van der Waals surface area contributed by atoms with E-state index in [4.69, 9.17) is 16.3 Å². The average Bonchev–Trinajstić information content (AvgIpc) is 2.82. The van der Waals surface area contributed by atoms with Crippen molar-refractivity contribution >= 4 is 29.4 Å². The molecule has 1 aliphatic heterocycles. The van der Waals surface area contributed by atoms with Gasteiger partial charge in [-0.1, -0.05) is 32.4 Å².